The zero-order valence-electron chi connectivity index (χ0n) is 15.8. The number of rotatable bonds is 8. The van der Waals surface area contributed by atoms with Gasteiger partial charge in [0.05, 0.1) is 18.0 Å². The third-order valence-corrected chi connectivity index (χ3v) is 5.00. The van der Waals surface area contributed by atoms with Crippen LogP contribution in [0.5, 0.6) is 0 Å². The molecule has 0 aliphatic heterocycles. The van der Waals surface area contributed by atoms with Gasteiger partial charge in [0.2, 0.25) is 5.91 Å². The lowest BCUT2D eigenvalue weighted by Crippen LogP contribution is -2.24. The number of carbonyl (C=O) groups is 2. The van der Waals surface area contributed by atoms with E-state index in [2.05, 4.69) is 20.8 Å². The minimum absolute atomic E-state index is 0.0584. The van der Waals surface area contributed by atoms with E-state index in [1.54, 1.807) is 36.4 Å². The number of halogens is 1. The molecule has 29 heavy (non-hydrogen) atoms. The van der Waals surface area contributed by atoms with Crippen LogP contribution in [0.4, 0.5) is 10.1 Å². The lowest BCUT2D eigenvalue weighted by molar-refractivity contribution is -0.113. The van der Waals surface area contributed by atoms with E-state index in [0.717, 1.165) is 0 Å². The summed E-state index contributed by atoms with van der Waals surface area (Å²) in [4.78, 5) is 24.3. The number of nitrogens with one attached hydrogen (secondary N) is 2. The zero-order chi connectivity index (χ0) is 20.6. The van der Waals surface area contributed by atoms with Gasteiger partial charge in [-0.2, -0.15) is 0 Å². The number of para-hydroxylation sites is 1. The Morgan fingerprint density at radius 2 is 1.79 bits per heavy atom. The summed E-state index contributed by atoms with van der Waals surface area (Å²) in [5.41, 5.74) is 0.703. The quantitative estimate of drug-likeness (QED) is 0.554. The molecular formula is C20H20FN5O2S. The van der Waals surface area contributed by atoms with E-state index < -0.39 is 5.82 Å². The molecule has 0 aliphatic rings. The number of amides is 2. The van der Waals surface area contributed by atoms with Crippen molar-refractivity contribution in [3.05, 3.63) is 71.8 Å². The molecule has 2 aromatic carbocycles. The summed E-state index contributed by atoms with van der Waals surface area (Å²) >= 11 is 1.20. The first-order chi connectivity index (χ1) is 14.1. The average Bonchev–Trinajstić information content (AvgIpc) is 3.14. The van der Waals surface area contributed by atoms with Gasteiger partial charge in [0.25, 0.3) is 5.91 Å². The second-order valence-corrected chi connectivity index (χ2v) is 6.95. The number of anilines is 1. The highest BCUT2D eigenvalue weighted by atomic mass is 32.2. The largest absolute Gasteiger partial charge is 0.345 e. The van der Waals surface area contributed by atoms with Crippen LogP contribution in [0.2, 0.25) is 0 Å². The molecule has 0 fully saturated rings. The maximum absolute atomic E-state index is 13.6. The first kappa shape index (κ1) is 20.5. The van der Waals surface area contributed by atoms with Crippen molar-refractivity contribution in [3.8, 4) is 0 Å². The Morgan fingerprint density at radius 3 is 2.52 bits per heavy atom. The molecule has 0 saturated heterocycles. The molecule has 0 radical (unpaired) electrons. The average molecular weight is 413 g/mol. The van der Waals surface area contributed by atoms with Crippen molar-refractivity contribution in [2.45, 2.75) is 25.2 Å². The Bertz CT molecular complexity index is 994. The Balaban J connectivity index is 1.57. The number of thioether (sulfide) groups is 1. The van der Waals surface area contributed by atoms with Crippen molar-refractivity contribution >= 4 is 29.3 Å². The summed E-state index contributed by atoms with van der Waals surface area (Å²) < 4.78 is 15.5. The Labute approximate surface area is 171 Å². The first-order valence-electron chi connectivity index (χ1n) is 9.01. The first-order valence-corrected chi connectivity index (χ1v) is 9.99. The monoisotopic (exact) mass is 413 g/mol. The topological polar surface area (TPSA) is 88.9 Å². The smallest absolute Gasteiger partial charge is 0.251 e. The van der Waals surface area contributed by atoms with Crippen molar-refractivity contribution in [3.63, 3.8) is 0 Å². The maximum atomic E-state index is 13.6. The number of hydrogen-bond donors (Lipinski definition) is 2. The van der Waals surface area contributed by atoms with Crippen LogP contribution in [0.15, 0.2) is 59.8 Å². The predicted molar refractivity (Wildman–Crippen MR) is 109 cm³/mol. The molecule has 2 N–H and O–H groups in total. The van der Waals surface area contributed by atoms with Gasteiger partial charge in [-0.25, -0.2) is 4.39 Å². The fourth-order valence-corrected chi connectivity index (χ4v) is 3.43. The second kappa shape index (κ2) is 9.83. The fourth-order valence-electron chi connectivity index (χ4n) is 2.60. The normalized spacial score (nSPS) is 10.6. The number of aromatic nitrogens is 3. The van der Waals surface area contributed by atoms with Crippen LogP contribution in [0, 0.1) is 5.82 Å². The highest BCUT2D eigenvalue weighted by Gasteiger charge is 2.15. The van der Waals surface area contributed by atoms with Crippen LogP contribution >= 0.6 is 11.8 Å². The molecule has 0 spiro atoms. The van der Waals surface area contributed by atoms with Gasteiger partial charge in [-0.15, -0.1) is 10.2 Å². The Hall–Kier alpha value is -3.20. The second-order valence-electron chi connectivity index (χ2n) is 6.01. The van der Waals surface area contributed by atoms with Crippen molar-refractivity contribution in [1.29, 1.82) is 0 Å². The van der Waals surface area contributed by atoms with Crippen molar-refractivity contribution in [2.75, 3.05) is 11.1 Å². The predicted octanol–water partition coefficient (Wildman–Crippen LogP) is 3.10. The van der Waals surface area contributed by atoms with Gasteiger partial charge >= 0.3 is 0 Å². The summed E-state index contributed by atoms with van der Waals surface area (Å²) in [5.74, 6) is -0.379. The highest BCUT2D eigenvalue weighted by Crippen LogP contribution is 2.18. The van der Waals surface area contributed by atoms with Gasteiger partial charge in [0.1, 0.15) is 5.82 Å². The van der Waals surface area contributed by atoms with Gasteiger partial charge in [-0.3, -0.25) is 9.59 Å². The third-order valence-electron chi connectivity index (χ3n) is 4.03. The molecule has 0 aliphatic carbocycles. The van der Waals surface area contributed by atoms with Crippen LogP contribution in [0.3, 0.4) is 0 Å². The van der Waals surface area contributed by atoms with E-state index in [9.17, 15) is 14.0 Å². The molecule has 0 atom stereocenters. The van der Waals surface area contributed by atoms with Gasteiger partial charge < -0.3 is 15.2 Å². The van der Waals surface area contributed by atoms with Crippen molar-refractivity contribution < 1.29 is 14.0 Å². The van der Waals surface area contributed by atoms with Crippen LogP contribution in [-0.4, -0.2) is 32.3 Å². The van der Waals surface area contributed by atoms with E-state index in [-0.39, 0.29) is 29.8 Å². The van der Waals surface area contributed by atoms with E-state index in [1.165, 1.54) is 23.9 Å². The van der Waals surface area contributed by atoms with Crippen LogP contribution in [0.25, 0.3) is 0 Å². The molecule has 150 valence electrons. The van der Waals surface area contributed by atoms with Gasteiger partial charge in [-0.1, -0.05) is 42.1 Å². The number of benzene rings is 2. The Morgan fingerprint density at radius 1 is 1.07 bits per heavy atom. The van der Waals surface area contributed by atoms with E-state index in [1.807, 2.05) is 17.6 Å². The number of nitrogens with zero attached hydrogens (tertiary/aromatic N) is 3. The molecule has 1 heterocycles. The maximum Gasteiger partial charge on any atom is 0.251 e. The molecule has 0 unspecified atom stereocenters. The van der Waals surface area contributed by atoms with Crippen molar-refractivity contribution in [2.24, 2.45) is 0 Å². The highest BCUT2D eigenvalue weighted by molar-refractivity contribution is 7.99. The molecule has 3 aromatic rings. The lowest BCUT2D eigenvalue weighted by Gasteiger charge is -2.09. The lowest BCUT2D eigenvalue weighted by atomic mass is 10.2. The van der Waals surface area contributed by atoms with Gasteiger partial charge in [-0.05, 0) is 31.2 Å². The summed E-state index contributed by atoms with van der Waals surface area (Å²) in [6.07, 6.45) is 0. The molecule has 1 aromatic heterocycles. The molecule has 0 saturated carbocycles. The molecule has 2 amide bonds. The fraction of sp³-hybridized carbons (Fsp3) is 0.200. The molecule has 7 nitrogen and oxygen atoms in total. The van der Waals surface area contributed by atoms with E-state index in [0.29, 0.717) is 23.1 Å². The Kier molecular flexibility index (Phi) is 6.96. The molecule has 9 heteroatoms. The SMILES string of the molecule is CCn1c(CNC(=O)c2ccccc2)nnc1SCC(=O)Nc1ccccc1F. The number of carbonyl (C=O) groups excluding carboxylic acids is 2. The van der Waals surface area contributed by atoms with E-state index >= 15 is 0 Å². The summed E-state index contributed by atoms with van der Waals surface area (Å²) in [7, 11) is 0. The van der Waals surface area contributed by atoms with Crippen LogP contribution in [-0.2, 0) is 17.9 Å². The molecule has 3 rings (SSSR count). The van der Waals surface area contributed by atoms with E-state index in [4.69, 9.17) is 0 Å². The van der Waals surface area contributed by atoms with Crippen LogP contribution in [0.1, 0.15) is 23.1 Å². The number of hydrogen-bond acceptors (Lipinski definition) is 5. The summed E-state index contributed by atoms with van der Waals surface area (Å²) in [6, 6.07) is 14.9. The zero-order valence-corrected chi connectivity index (χ0v) is 16.6. The summed E-state index contributed by atoms with van der Waals surface area (Å²) in [5, 5.41) is 14.1. The van der Waals surface area contributed by atoms with Crippen molar-refractivity contribution in [1.82, 2.24) is 20.1 Å². The van der Waals surface area contributed by atoms with Gasteiger partial charge in [0, 0.05) is 12.1 Å². The minimum atomic E-state index is -0.487. The third kappa shape index (κ3) is 5.41. The standard InChI is InChI=1S/C20H20FN5O2S/c1-2-26-17(12-22-19(28)14-8-4-3-5-9-14)24-25-20(26)29-13-18(27)23-16-11-7-6-10-15(16)21/h3-11H,2,12-13H2,1H3,(H,22,28)(H,23,27). The molecular weight excluding hydrogens is 393 g/mol. The van der Waals surface area contributed by atoms with Crippen LogP contribution < -0.4 is 10.6 Å². The summed E-state index contributed by atoms with van der Waals surface area (Å²) in [6.45, 7) is 2.73. The molecule has 0 bridgehead atoms. The van der Waals surface area contributed by atoms with Gasteiger partial charge in [0.15, 0.2) is 11.0 Å². The minimum Gasteiger partial charge on any atom is -0.345 e.